The van der Waals surface area contributed by atoms with Crippen molar-refractivity contribution in [2.24, 2.45) is 0 Å². The van der Waals surface area contributed by atoms with Crippen molar-refractivity contribution in [3.8, 4) is 0 Å². The van der Waals surface area contributed by atoms with Crippen LogP contribution in [0.1, 0.15) is 51.2 Å². The van der Waals surface area contributed by atoms with Gasteiger partial charge in [-0.1, -0.05) is 26.0 Å². The van der Waals surface area contributed by atoms with Crippen LogP contribution in [0.2, 0.25) is 0 Å². The van der Waals surface area contributed by atoms with Gasteiger partial charge < -0.3 is 4.90 Å². The van der Waals surface area contributed by atoms with Gasteiger partial charge in [0.05, 0.1) is 0 Å². The average Bonchev–Trinajstić information content (AvgIpc) is 2.45. The lowest BCUT2D eigenvalue weighted by atomic mass is 9.90. The Labute approximate surface area is 123 Å². The molecule has 1 atom stereocenters. The van der Waals surface area contributed by atoms with E-state index in [9.17, 15) is 0 Å². The van der Waals surface area contributed by atoms with Crippen LogP contribution in [0.5, 0.6) is 0 Å². The summed E-state index contributed by atoms with van der Waals surface area (Å²) in [4.78, 5) is 5.30. The molecule has 1 aromatic rings. The van der Waals surface area contributed by atoms with Crippen LogP contribution < -0.4 is 4.90 Å². The van der Waals surface area contributed by atoms with E-state index >= 15 is 0 Å². The Morgan fingerprint density at radius 1 is 1.10 bits per heavy atom. The van der Waals surface area contributed by atoms with E-state index in [-0.39, 0.29) is 0 Å². The number of hydrogen-bond acceptors (Lipinski definition) is 2. The van der Waals surface area contributed by atoms with Crippen LogP contribution in [0.25, 0.3) is 0 Å². The molecule has 2 heterocycles. The van der Waals surface area contributed by atoms with Gasteiger partial charge in [0.1, 0.15) is 0 Å². The number of nitrogens with zero attached hydrogens (tertiary/aromatic N) is 2. The minimum absolute atomic E-state index is 0.635. The van der Waals surface area contributed by atoms with E-state index in [1.54, 1.807) is 5.56 Å². The molecule has 1 fully saturated rings. The van der Waals surface area contributed by atoms with E-state index in [0.717, 1.165) is 6.04 Å². The molecule has 0 bridgehead atoms. The first kappa shape index (κ1) is 13.9. The van der Waals surface area contributed by atoms with Gasteiger partial charge in [-0.3, -0.25) is 4.90 Å². The minimum atomic E-state index is 0.635. The lowest BCUT2D eigenvalue weighted by molar-refractivity contribution is 0.174. The fourth-order valence-corrected chi connectivity index (χ4v) is 3.68. The molecule has 2 nitrogen and oxygen atoms in total. The predicted molar refractivity (Wildman–Crippen MR) is 86.7 cm³/mol. The highest BCUT2D eigenvalue weighted by Crippen LogP contribution is 2.34. The number of fused-ring (bicyclic) bond motifs is 3. The molecule has 0 amide bonds. The Morgan fingerprint density at radius 3 is 2.60 bits per heavy atom. The molecular formula is C18H28N2. The molecule has 1 aromatic carbocycles. The molecule has 2 aliphatic heterocycles. The van der Waals surface area contributed by atoms with Crippen molar-refractivity contribution < 1.29 is 0 Å². The van der Waals surface area contributed by atoms with E-state index in [0.29, 0.717) is 12.0 Å². The van der Waals surface area contributed by atoms with Gasteiger partial charge in [0.2, 0.25) is 0 Å². The molecule has 1 unspecified atom stereocenters. The number of aryl methyl sites for hydroxylation is 1. The van der Waals surface area contributed by atoms with Crippen LogP contribution in [-0.2, 0) is 6.42 Å². The second-order valence-corrected chi connectivity index (χ2v) is 7.02. The van der Waals surface area contributed by atoms with Crippen molar-refractivity contribution in [1.82, 2.24) is 4.90 Å². The zero-order valence-electron chi connectivity index (χ0n) is 13.4. The fraction of sp³-hybridized carbons (Fsp3) is 0.667. The third-order valence-corrected chi connectivity index (χ3v) is 5.07. The number of anilines is 1. The van der Waals surface area contributed by atoms with Crippen molar-refractivity contribution in [3.63, 3.8) is 0 Å². The van der Waals surface area contributed by atoms with Gasteiger partial charge >= 0.3 is 0 Å². The van der Waals surface area contributed by atoms with Crippen molar-refractivity contribution in [2.75, 3.05) is 24.5 Å². The topological polar surface area (TPSA) is 6.48 Å². The van der Waals surface area contributed by atoms with E-state index in [2.05, 4.69) is 55.7 Å². The third kappa shape index (κ3) is 2.46. The lowest BCUT2D eigenvalue weighted by Crippen LogP contribution is -2.56. The number of rotatable bonds is 2. The van der Waals surface area contributed by atoms with Crippen LogP contribution in [0.3, 0.4) is 0 Å². The maximum absolute atomic E-state index is 2.67. The second-order valence-electron chi connectivity index (χ2n) is 7.02. The van der Waals surface area contributed by atoms with Crippen LogP contribution in [-0.4, -0.2) is 36.6 Å². The van der Waals surface area contributed by atoms with Crippen molar-refractivity contribution in [1.29, 1.82) is 0 Å². The molecule has 0 saturated carbocycles. The summed E-state index contributed by atoms with van der Waals surface area (Å²) >= 11 is 0. The molecule has 0 aliphatic carbocycles. The number of hydrogen-bond donors (Lipinski definition) is 0. The number of benzene rings is 1. The van der Waals surface area contributed by atoms with Gasteiger partial charge in [-0.25, -0.2) is 0 Å². The molecule has 0 aromatic heterocycles. The van der Waals surface area contributed by atoms with Gasteiger partial charge in [0.15, 0.2) is 0 Å². The van der Waals surface area contributed by atoms with Crippen LogP contribution in [0.4, 0.5) is 5.69 Å². The molecule has 0 N–H and O–H groups in total. The Hall–Kier alpha value is -1.02. The average molecular weight is 272 g/mol. The summed E-state index contributed by atoms with van der Waals surface area (Å²) in [6.07, 6.45) is 2.57. The minimum Gasteiger partial charge on any atom is -0.366 e. The summed E-state index contributed by atoms with van der Waals surface area (Å²) in [5, 5.41) is 0. The summed E-state index contributed by atoms with van der Waals surface area (Å²) in [6, 6.07) is 8.57. The standard InChI is InChI=1S/C18H28N2/c1-13(2)15-6-8-18-16(11-15)5-7-17-12-19(14(3)4)9-10-20(17)18/h6,8,11,13-14,17H,5,7,9-10,12H2,1-4H3. The van der Waals surface area contributed by atoms with Gasteiger partial charge in [-0.05, 0) is 49.8 Å². The molecule has 0 spiro atoms. The Bertz CT molecular complexity index is 478. The first-order valence-corrected chi connectivity index (χ1v) is 8.19. The Kier molecular flexibility index (Phi) is 3.76. The lowest BCUT2D eigenvalue weighted by Gasteiger charge is -2.47. The van der Waals surface area contributed by atoms with Crippen molar-refractivity contribution in [2.45, 2.75) is 58.5 Å². The van der Waals surface area contributed by atoms with E-state index in [1.165, 1.54) is 43.7 Å². The van der Waals surface area contributed by atoms with Crippen LogP contribution in [0, 0.1) is 0 Å². The van der Waals surface area contributed by atoms with E-state index in [4.69, 9.17) is 0 Å². The monoisotopic (exact) mass is 272 g/mol. The maximum atomic E-state index is 2.67. The molecule has 2 heteroatoms. The normalized spacial score (nSPS) is 23.1. The second kappa shape index (κ2) is 5.40. The molecular weight excluding hydrogens is 244 g/mol. The zero-order chi connectivity index (χ0) is 14.3. The Morgan fingerprint density at radius 2 is 1.90 bits per heavy atom. The first-order chi connectivity index (χ1) is 9.56. The van der Waals surface area contributed by atoms with Crippen molar-refractivity contribution >= 4 is 5.69 Å². The first-order valence-electron chi connectivity index (χ1n) is 8.19. The van der Waals surface area contributed by atoms with E-state index in [1.807, 2.05) is 0 Å². The molecule has 3 rings (SSSR count). The summed E-state index contributed by atoms with van der Waals surface area (Å²) in [5.41, 5.74) is 4.57. The summed E-state index contributed by atoms with van der Waals surface area (Å²) in [7, 11) is 0. The zero-order valence-corrected chi connectivity index (χ0v) is 13.4. The van der Waals surface area contributed by atoms with Crippen LogP contribution >= 0.6 is 0 Å². The van der Waals surface area contributed by atoms with Crippen molar-refractivity contribution in [3.05, 3.63) is 29.3 Å². The highest BCUT2D eigenvalue weighted by molar-refractivity contribution is 5.58. The van der Waals surface area contributed by atoms with Gasteiger partial charge in [0.25, 0.3) is 0 Å². The largest absolute Gasteiger partial charge is 0.366 e. The van der Waals surface area contributed by atoms with E-state index < -0.39 is 0 Å². The van der Waals surface area contributed by atoms with Gasteiger partial charge in [0, 0.05) is 37.4 Å². The number of piperazine rings is 1. The van der Waals surface area contributed by atoms with Gasteiger partial charge in [-0.15, -0.1) is 0 Å². The molecule has 2 aliphatic rings. The molecule has 110 valence electrons. The van der Waals surface area contributed by atoms with Crippen LogP contribution in [0.15, 0.2) is 18.2 Å². The third-order valence-electron chi connectivity index (χ3n) is 5.07. The molecule has 20 heavy (non-hydrogen) atoms. The summed E-state index contributed by atoms with van der Waals surface area (Å²) in [5.74, 6) is 0.635. The quantitative estimate of drug-likeness (QED) is 0.811. The van der Waals surface area contributed by atoms with Gasteiger partial charge in [-0.2, -0.15) is 0 Å². The molecule has 0 radical (unpaired) electrons. The highest BCUT2D eigenvalue weighted by Gasteiger charge is 2.32. The summed E-state index contributed by atoms with van der Waals surface area (Å²) in [6.45, 7) is 12.9. The maximum Gasteiger partial charge on any atom is 0.0421 e. The SMILES string of the molecule is CC(C)c1ccc2c(c1)CCC1CN(C(C)C)CCN21. The smallest absolute Gasteiger partial charge is 0.0421 e. The predicted octanol–water partition coefficient (Wildman–Crippen LogP) is 3.66. The fourth-order valence-electron chi connectivity index (χ4n) is 3.68. The molecule has 1 saturated heterocycles. The highest BCUT2D eigenvalue weighted by atomic mass is 15.3. The Balaban J connectivity index is 1.83. The summed E-state index contributed by atoms with van der Waals surface area (Å²) < 4.78 is 0.